The van der Waals surface area contributed by atoms with Gasteiger partial charge in [-0.1, -0.05) is 12.1 Å². The summed E-state index contributed by atoms with van der Waals surface area (Å²) in [5.74, 6) is 0.565. The number of aryl methyl sites for hydroxylation is 1. The summed E-state index contributed by atoms with van der Waals surface area (Å²) in [6.07, 6.45) is 2.39. The van der Waals surface area contributed by atoms with E-state index in [0.29, 0.717) is 12.2 Å². The molecule has 1 heterocycles. The smallest absolute Gasteiger partial charge is 0.230 e. The van der Waals surface area contributed by atoms with Crippen LogP contribution in [0.1, 0.15) is 16.8 Å². The third-order valence-electron chi connectivity index (χ3n) is 3.03. The number of nitrogens with zero attached hydrogens (tertiary/aromatic N) is 1. The van der Waals surface area contributed by atoms with Gasteiger partial charge in [0.05, 0.1) is 6.42 Å². The van der Waals surface area contributed by atoms with E-state index in [0.717, 1.165) is 16.8 Å². The molecule has 1 amide bonds. The lowest BCUT2D eigenvalue weighted by Crippen LogP contribution is -2.15. The summed E-state index contributed by atoms with van der Waals surface area (Å²) >= 11 is 1.69. The molecule has 4 nitrogen and oxygen atoms in total. The normalized spacial score (nSPS) is 10.5. The van der Waals surface area contributed by atoms with Gasteiger partial charge in [-0.15, -0.1) is 11.8 Å². The number of carbonyl (C=O) groups excluding carboxylic acids is 1. The fraction of sp³-hybridized carbons (Fsp3) is 0.286. The summed E-state index contributed by atoms with van der Waals surface area (Å²) in [6.45, 7) is 3.86. The summed E-state index contributed by atoms with van der Waals surface area (Å²) in [6, 6.07) is 8.01. The Morgan fingerprint density at radius 1 is 1.32 bits per heavy atom. The van der Waals surface area contributed by atoms with Crippen molar-refractivity contribution in [1.82, 2.24) is 10.2 Å². The van der Waals surface area contributed by atoms with E-state index in [2.05, 4.69) is 15.5 Å². The Morgan fingerprint density at radius 3 is 2.53 bits per heavy atom. The van der Waals surface area contributed by atoms with Crippen LogP contribution in [0, 0.1) is 13.8 Å². The number of amides is 1. The average Bonchev–Trinajstić information content (AvgIpc) is 2.71. The van der Waals surface area contributed by atoms with Crippen molar-refractivity contribution < 1.29 is 4.79 Å². The van der Waals surface area contributed by atoms with Crippen molar-refractivity contribution in [3.05, 3.63) is 41.1 Å². The molecule has 0 spiro atoms. The van der Waals surface area contributed by atoms with Gasteiger partial charge in [-0.25, -0.2) is 0 Å². The zero-order valence-corrected chi connectivity index (χ0v) is 12.1. The number of nitrogens with one attached hydrogen (secondary N) is 2. The van der Waals surface area contributed by atoms with Gasteiger partial charge in [0.1, 0.15) is 0 Å². The molecule has 2 rings (SSSR count). The molecule has 19 heavy (non-hydrogen) atoms. The molecule has 0 saturated heterocycles. The molecule has 0 fully saturated rings. The van der Waals surface area contributed by atoms with Crippen molar-refractivity contribution in [2.24, 2.45) is 0 Å². The second-order valence-electron chi connectivity index (χ2n) is 4.40. The number of carbonyl (C=O) groups is 1. The van der Waals surface area contributed by atoms with Gasteiger partial charge in [-0.2, -0.15) is 5.10 Å². The van der Waals surface area contributed by atoms with Crippen LogP contribution in [0.4, 0.5) is 5.82 Å². The first-order valence-electron chi connectivity index (χ1n) is 6.04. The second-order valence-corrected chi connectivity index (χ2v) is 5.27. The monoisotopic (exact) mass is 275 g/mol. The SMILES string of the molecule is CSc1ccc(CC(=O)Nc2n[nH]c(C)c2C)cc1. The Morgan fingerprint density at radius 2 is 2.00 bits per heavy atom. The molecule has 0 unspecified atom stereocenters. The molecule has 1 aromatic carbocycles. The zero-order valence-electron chi connectivity index (χ0n) is 11.3. The maximum atomic E-state index is 11.9. The quantitative estimate of drug-likeness (QED) is 0.843. The van der Waals surface area contributed by atoms with E-state index >= 15 is 0 Å². The summed E-state index contributed by atoms with van der Waals surface area (Å²) < 4.78 is 0. The van der Waals surface area contributed by atoms with E-state index in [9.17, 15) is 4.79 Å². The first-order chi connectivity index (χ1) is 9.10. The predicted octanol–water partition coefficient (Wildman–Crippen LogP) is 2.93. The first kappa shape index (κ1) is 13.7. The Kier molecular flexibility index (Phi) is 4.27. The fourth-order valence-electron chi connectivity index (χ4n) is 1.71. The number of thioether (sulfide) groups is 1. The Bertz CT molecular complexity index is 575. The predicted molar refractivity (Wildman–Crippen MR) is 78.6 cm³/mol. The number of benzene rings is 1. The number of aromatic nitrogens is 2. The van der Waals surface area contributed by atoms with Crippen molar-refractivity contribution in [1.29, 1.82) is 0 Å². The number of H-pyrrole nitrogens is 1. The van der Waals surface area contributed by atoms with Crippen LogP contribution >= 0.6 is 11.8 Å². The van der Waals surface area contributed by atoms with Gasteiger partial charge in [0, 0.05) is 16.2 Å². The zero-order chi connectivity index (χ0) is 13.8. The molecule has 0 bridgehead atoms. The molecule has 0 aliphatic rings. The number of hydrogen-bond donors (Lipinski definition) is 2. The summed E-state index contributed by atoms with van der Waals surface area (Å²) in [7, 11) is 0. The van der Waals surface area contributed by atoms with E-state index in [-0.39, 0.29) is 5.91 Å². The third-order valence-corrected chi connectivity index (χ3v) is 3.78. The van der Waals surface area contributed by atoms with Crippen molar-refractivity contribution in [2.45, 2.75) is 25.2 Å². The van der Waals surface area contributed by atoms with Gasteiger partial charge >= 0.3 is 0 Å². The van der Waals surface area contributed by atoms with E-state index in [1.807, 2.05) is 44.4 Å². The van der Waals surface area contributed by atoms with E-state index in [1.54, 1.807) is 11.8 Å². The van der Waals surface area contributed by atoms with Gasteiger partial charge in [-0.05, 0) is 37.8 Å². The van der Waals surface area contributed by atoms with Crippen LogP contribution < -0.4 is 5.32 Å². The molecular weight excluding hydrogens is 258 g/mol. The van der Waals surface area contributed by atoms with Crippen LogP contribution in [0.15, 0.2) is 29.2 Å². The maximum Gasteiger partial charge on any atom is 0.230 e. The lowest BCUT2D eigenvalue weighted by atomic mass is 10.1. The molecule has 0 saturated carbocycles. The highest BCUT2D eigenvalue weighted by atomic mass is 32.2. The highest BCUT2D eigenvalue weighted by Gasteiger charge is 2.09. The van der Waals surface area contributed by atoms with Crippen LogP contribution in [0.3, 0.4) is 0 Å². The van der Waals surface area contributed by atoms with Crippen molar-refractivity contribution in [2.75, 3.05) is 11.6 Å². The van der Waals surface area contributed by atoms with Gasteiger partial charge in [0.25, 0.3) is 0 Å². The third kappa shape index (κ3) is 3.38. The van der Waals surface area contributed by atoms with E-state index in [4.69, 9.17) is 0 Å². The van der Waals surface area contributed by atoms with E-state index in [1.165, 1.54) is 4.90 Å². The Balaban J connectivity index is 1.99. The largest absolute Gasteiger partial charge is 0.309 e. The minimum absolute atomic E-state index is 0.0495. The molecule has 2 N–H and O–H groups in total. The maximum absolute atomic E-state index is 11.9. The van der Waals surface area contributed by atoms with Gasteiger partial charge in [-0.3, -0.25) is 9.89 Å². The molecule has 5 heteroatoms. The molecule has 100 valence electrons. The van der Waals surface area contributed by atoms with Crippen LogP contribution in [0.5, 0.6) is 0 Å². The van der Waals surface area contributed by atoms with Crippen molar-refractivity contribution in [3.63, 3.8) is 0 Å². The Hall–Kier alpha value is -1.75. The minimum atomic E-state index is -0.0495. The fourth-order valence-corrected chi connectivity index (χ4v) is 2.12. The summed E-state index contributed by atoms with van der Waals surface area (Å²) in [5.41, 5.74) is 2.95. The van der Waals surface area contributed by atoms with Crippen molar-refractivity contribution >= 4 is 23.5 Å². The van der Waals surface area contributed by atoms with Crippen LogP contribution in [0.2, 0.25) is 0 Å². The molecular formula is C14H17N3OS. The number of anilines is 1. The van der Waals surface area contributed by atoms with Gasteiger partial charge < -0.3 is 5.32 Å². The molecule has 1 aromatic heterocycles. The molecule has 0 radical (unpaired) electrons. The lowest BCUT2D eigenvalue weighted by Gasteiger charge is -2.04. The molecule has 0 atom stereocenters. The second kappa shape index (κ2) is 5.93. The molecule has 2 aromatic rings. The van der Waals surface area contributed by atoms with Crippen LogP contribution in [-0.2, 0) is 11.2 Å². The van der Waals surface area contributed by atoms with Crippen molar-refractivity contribution in [3.8, 4) is 0 Å². The standard InChI is InChI=1S/C14H17N3OS/c1-9-10(2)16-17-14(9)15-13(18)8-11-4-6-12(19-3)7-5-11/h4-7H,8H2,1-3H3,(H2,15,16,17,18). The summed E-state index contributed by atoms with van der Waals surface area (Å²) in [5, 5.41) is 9.74. The number of rotatable bonds is 4. The minimum Gasteiger partial charge on any atom is -0.309 e. The van der Waals surface area contributed by atoms with Crippen LogP contribution in [-0.4, -0.2) is 22.4 Å². The highest BCUT2D eigenvalue weighted by molar-refractivity contribution is 7.98. The lowest BCUT2D eigenvalue weighted by molar-refractivity contribution is -0.115. The average molecular weight is 275 g/mol. The van der Waals surface area contributed by atoms with Gasteiger partial charge in [0.15, 0.2) is 5.82 Å². The van der Waals surface area contributed by atoms with Crippen LogP contribution in [0.25, 0.3) is 0 Å². The summed E-state index contributed by atoms with van der Waals surface area (Å²) in [4.78, 5) is 13.1. The first-order valence-corrected chi connectivity index (χ1v) is 7.27. The number of aromatic amines is 1. The molecule has 0 aliphatic carbocycles. The topological polar surface area (TPSA) is 57.8 Å². The molecule has 0 aliphatic heterocycles. The Labute approximate surface area is 117 Å². The van der Waals surface area contributed by atoms with Gasteiger partial charge in [0.2, 0.25) is 5.91 Å². The highest BCUT2D eigenvalue weighted by Crippen LogP contribution is 2.16. The van der Waals surface area contributed by atoms with E-state index < -0.39 is 0 Å². The number of hydrogen-bond acceptors (Lipinski definition) is 3.